The third-order valence-electron chi connectivity index (χ3n) is 6.94. The molecule has 194 valence electrons. The molecule has 0 amide bonds. The van der Waals surface area contributed by atoms with Crippen LogP contribution in [0.15, 0.2) is 59.4 Å². The summed E-state index contributed by atoms with van der Waals surface area (Å²) in [5.41, 5.74) is 4.41. The summed E-state index contributed by atoms with van der Waals surface area (Å²) in [6, 6.07) is 14.1. The molecule has 8 nitrogen and oxygen atoms in total. The third-order valence-corrected chi connectivity index (χ3v) is 7.18. The van der Waals surface area contributed by atoms with E-state index in [0.29, 0.717) is 17.4 Å². The van der Waals surface area contributed by atoms with Crippen molar-refractivity contribution in [2.24, 2.45) is 0 Å². The van der Waals surface area contributed by atoms with Gasteiger partial charge in [-0.1, -0.05) is 35.0 Å². The van der Waals surface area contributed by atoms with Crippen molar-refractivity contribution < 1.29 is 9.63 Å². The van der Waals surface area contributed by atoms with Gasteiger partial charge in [-0.15, -0.1) is 0 Å². The second-order valence-corrected chi connectivity index (χ2v) is 11.2. The number of anilines is 1. The van der Waals surface area contributed by atoms with Crippen molar-refractivity contribution in [3.05, 3.63) is 76.9 Å². The van der Waals surface area contributed by atoms with Crippen molar-refractivity contribution in [3.8, 4) is 22.5 Å². The number of nitrogens with zero attached hydrogens (tertiary/aromatic N) is 5. The van der Waals surface area contributed by atoms with Crippen LogP contribution in [0.3, 0.4) is 0 Å². The Morgan fingerprint density at radius 3 is 2.61 bits per heavy atom. The summed E-state index contributed by atoms with van der Waals surface area (Å²) in [5.74, 6) is 2.08. The molecule has 0 saturated heterocycles. The summed E-state index contributed by atoms with van der Waals surface area (Å²) >= 11 is 6.34. The lowest BCUT2D eigenvalue weighted by Crippen LogP contribution is -2.26. The van der Waals surface area contributed by atoms with Crippen LogP contribution in [-0.4, -0.2) is 35.6 Å². The van der Waals surface area contributed by atoms with Crippen molar-refractivity contribution in [2.45, 2.75) is 58.2 Å². The molecule has 5 aromatic rings. The molecule has 1 aliphatic carbocycles. The highest BCUT2D eigenvalue weighted by Gasteiger charge is 2.45. The van der Waals surface area contributed by atoms with Crippen LogP contribution < -0.4 is 5.32 Å². The molecular weight excluding hydrogens is 500 g/mol. The predicted octanol–water partition coefficient (Wildman–Crippen LogP) is 6.29. The first-order chi connectivity index (χ1) is 18.1. The average molecular weight is 529 g/mol. The second kappa shape index (κ2) is 8.92. The Kier molecular flexibility index (Phi) is 5.77. The Balaban J connectivity index is 1.48. The number of halogens is 1. The second-order valence-electron chi connectivity index (χ2n) is 10.8. The number of aromatic nitrogens is 5. The number of hydrogen-bond acceptors (Lipinski definition) is 7. The molecule has 38 heavy (non-hydrogen) atoms. The van der Waals surface area contributed by atoms with Gasteiger partial charge >= 0.3 is 0 Å². The Morgan fingerprint density at radius 2 is 1.92 bits per heavy atom. The van der Waals surface area contributed by atoms with E-state index in [-0.39, 0.29) is 5.54 Å². The van der Waals surface area contributed by atoms with Gasteiger partial charge in [-0.2, -0.15) is 5.10 Å². The van der Waals surface area contributed by atoms with Crippen molar-refractivity contribution in [3.63, 3.8) is 0 Å². The molecule has 0 unspecified atom stereocenters. The maximum atomic E-state index is 10.2. The van der Waals surface area contributed by atoms with E-state index in [2.05, 4.69) is 27.7 Å². The van der Waals surface area contributed by atoms with E-state index in [1.807, 2.05) is 50.4 Å². The molecule has 9 heteroatoms. The number of aliphatic hydroxyl groups is 1. The molecule has 0 aliphatic heterocycles. The Hall–Kier alpha value is -3.75. The number of aryl methyl sites for hydroxylation is 2. The van der Waals surface area contributed by atoms with Crippen LogP contribution in [-0.2, 0) is 12.1 Å². The van der Waals surface area contributed by atoms with Gasteiger partial charge in [0.1, 0.15) is 11.6 Å². The third kappa shape index (κ3) is 4.66. The fourth-order valence-electron chi connectivity index (χ4n) is 4.99. The van der Waals surface area contributed by atoms with Gasteiger partial charge in [-0.3, -0.25) is 4.68 Å². The average Bonchev–Trinajstić information content (AvgIpc) is 3.37. The minimum Gasteiger partial charge on any atom is -0.389 e. The van der Waals surface area contributed by atoms with E-state index in [9.17, 15) is 5.11 Å². The van der Waals surface area contributed by atoms with E-state index in [1.165, 1.54) is 0 Å². The van der Waals surface area contributed by atoms with Gasteiger partial charge in [0.2, 0.25) is 0 Å². The Morgan fingerprint density at radius 1 is 1.11 bits per heavy atom. The molecule has 1 fully saturated rings. The van der Waals surface area contributed by atoms with E-state index in [1.54, 1.807) is 24.7 Å². The van der Waals surface area contributed by atoms with Gasteiger partial charge in [0.25, 0.3) is 0 Å². The normalized spacial score (nSPS) is 14.7. The van der Waals surface area contributed by atoms with E-state index >= 15 is 0 Å². The van der Waals surface area contributed by atoms with Crippen molar-refractivity contribution in [2.75, 3.05) is 5.32 Å². The van der Waals surface area contributed by atoms with E-state index in [0.717, 1.165) is 63.3 Å². The van der Waals surface area contributed by atoms with Crippen LogP contribution in [0.2, 0.25) is 5.02 Å². The van der Waals surface area contributed by atoms with Gasteiger partial charge in [0.15, 0.2) is 5.82 Å². The van der Waals surface area contributed by atoms with Crippen LogP contribution in [0.1, 0.15) is 43.7 Å². The molecule has 2 N–H and O–H groups in total. The van der Waals surface area contributed by atoms with Crippen LogP contribution in [0.25, 0.3) is 33.4 Å². The Labute approximate surface area is 225 Å². The highest BCUT2D eigenvalue weighted by Crippen LogP contribution is 2.49. The molecule has 1 aliphatic rings. The molecule has 1 saturated carbocycles. The molecule has 6 rings (SSSR count). The van der Waals surface area contributed by atoms with Gasteiger partial charge in [0, 0.05) is 22.2 Å². The first-order valence-electron chi connectivity index (χ1n) is 12.6. The number of benzene rings is 2. The quantitative estimate of drug-likeness (QED) is 0.256. The molecule has 0 radical (unpaired) electrons. The van der Waals surface area contributed by atoms with Crippen LogP contribution in [0, 0.1) is 13.8 Å². The summed E-state index contributed by atoms with van der Waals surface area (Å²) in [5, 5.41) is 24.1. The number of nitrogens with one attached hydrogen (secondary N) is 1. The highest BCUT2D eigenvalue weighted by molar-refractivity contribution is 6.30. The molecular formula is C29H29ClN6O2. The topological polar surface area (TPSA) is 102 Å². The summed E-state index contributed by atoms with van der Waals surface area (Å²) in [6.07, 6.45) is 5.55. The predicted molar refractivity (Wildman–Crippen MR) is 148 cm³/mol. The molecule has 0 bridgehead atoms. The molecule has 2 aromatic carbocycles. The summed E-state index contributed by atoms with van der Waals surface area (Å²) < 4.78 is 7.14. The van der Waals surface area contributed by atoms with Gasteiger partial charge in [-0.25, -0.2) is 9.97 Å². The maximum absolute atomic E-state index is 10.2. The van der Waals surface area contributed by atoms with Crippen LogP contribution in [0.5, 0.6) is 0 Å². The van der Waals surface area contributed by atoms with Crippen LogP contribution >= 0.6 is 11.6 Å². The zero-order valence-electron chi connectivity index (χ0n) is 21.8. The van der Waals surface area contributed by atoms with Crippen LogP contribution in [0.4, 0.5) is 5.82 Å². The lowest BCUT2D eigenvalue weighted by atomic mass is 10.0. The summed E-state index contributed by atoms with van der Waals surface area (Å²) in [4.78, 5) is 9.90. The first-order valence-corrected chi connectivity index (χ1v) is 13.0. The van der Waals surface area contributed by atoms with Gasteiger partial charge < -0.3 is 14.9 Å². The lowest BCUT2D eigenvalue weighted by Gasteiger charge is -2.21. The van der Waals surface area contributed by atoms with Crippen molar-refractivity contribution in [1.29, 1.82) is 0 Å². The fourth-order valence-corrected chi connectivity index (χ4v) is 5.18. The largest absolute Gasteiger partial charge is 0.389 e. The smallest absolute Gasteiger partial charge is 0.165 e. The van der Waals surface area contributed by atoms with Crippen molar-refractivity contribution >= 4 is 28.3 Å². The maximum Gasteiger partial charge on any atom is 0.165 e. The van der Waals surface area contributed by atoms with Crippen molar-refractivity contribution in [1.82, 2.24) is 24.9 Å². The molecule has 0 atom stereocenters. The standard InChI is InChI=1S/C29H29ClN6O2/c1-17-25(18(2)38-35-17)19-8-9-24-23(12-19)27(34-29(10-11-29)21-6-5-7-22(30)13-21)33-26(32-24)20-14-31-36(15-20)16-28(3,4)37/h5-9,12-15,37H,10-11,16H2,1-4H3,(H,32,33,34). The first kappa shape index (κ1) is 24.6. The minimum atomic E-state index is -0.885. The minimum absolute atomic E-state index is 0.242. The lowest BCUT2D eigenvalue weighted by molar-refractivity contribution is 0.0577. The monoisotopic (exact) mass is 528 g/mol. The zero-order valence-corrected chi connectivity index (χ0v) is 22.5. The molecule has 3 heterocycles. The molecule has 0 spiro atoms. The Bertz CT molecular complexity index is 1640. The van der Waals surface area contributed by atoms with E-state index < -0.39 is 5.60 Å². The zero-order chi connectivity index (χ0) is 26.7. The number of hydrogen-bond donors (Lipinski definition) is 2. The molecule has 3 aromatic heterocycles. The number of fused-ring (bicyclic) bond motifs is 1. The van der Waals surface area contributed by atoms with Gasteiger partial charge in [-0.05, 0) is 75.9 Å². The number of rotatable bonds is 7. The highest BCUT2D eigenvalue weighted by atomic mass is 35.5. The SMILES string of the molecule is Cc1noc(C)c1-c1ccc2nc(-c3cnn(CC(C)(C)O)c3)nc(NC3(c4cccc(Cl)c4)CC3)c2c1. The fraction of sp³-hybridized carbons (Fsp3) is 0.310. The van der Waals surface area contributed by atoms with Gasteiger partial charge in [0.05, 0.1) is 40.7 Å². The summed E-state index contributed by atoms with van der Waals surface area (Å²) in [7, 11) is 0. The van der Waals surface area contributed by atoms with E-state index in [4.69, 9.17) is 26.1 Å². The summed E-state index contributed by atoms with van der Waals surface area (Å²) in [6.45, 7) is 7.74.